The highest BCUT2D eigenvalue weighted by atomic mass is 19.4. The van der Waals surface area contributed by atoms with Crippen LogP contribution in [0.1, 0.15) is 19.2 Å². The fourth-order valence-corrected chi connectivity index (χ4v) is 2.97. The van der Waals surface area contributed by atoms with Crippen molar-refractivity contribution in [3.05, 3.63) is 12.2 Å². The highest BCUT2D eigenvalue weighted by molar-refractivity contribution is 5.79. The van der Waals surface area contributed by atoms with Crippen LogP contribution in [0.2, 0.25) is 0 Å². The van der Waals surface area contributed by atoms with Gasteiger partial charge >= 0.3 is 6.18 Å². The van der Waals surface area contributed by atoms with E-state index in [2.05, 4.69) is 25.8 Å². The van der Waals surface area contributed by atoms with Crippen LogP contribution in [0.4, 0.5) is 13.2 Å². The van der Waals surface area contributed by atoms with Gasteiger partial charge in [-0.05, 0) is 18.9 Å². The maximum absolute atomic E-state index is 12.4. The van der Waals surface area contributed by atoms with Gasteiger partial charge in [0.2, 0.25) is 0 Å². The van der Waals surface area contributed by atoms with Crippen molar-refractivity contribution in [3.8, 4) is 0 Å². The normalized spacial score (nSPS) is 19.4. The zero-order chi connectivity index (χ0) is 18.3. The van der Waals surface area contributed by atoms with Crippen molar-refractivity contribution >= 4 is 5.96 Å². The number of nitrogens with one attached hydrogen (secondary N) is 2. The molecule has 1 aromatic rings. The summed E-state index contributed by atoms with van der Waals surface area (Å²) in [4.78, 5) is 5.61. The summed E-state index contributed by atoms with van der Waals surface area (Å²) >= 11 is 0. The number of hydrogen-bond donors (Lipinski definition) is 2. The number of alkyl halides is 3. The molecule has 0 radical (unpaired) electrons. The van der Waals surface area contributed by atoms with E-state index in [-0.39, 0.29) is 5.92 Å². The zero-order valence-electron chi connectivity index (χ0n) is 14.7. The molecule has 25 heavy (non-hydrogen) atoms. The van der Waals surface area contributed by atoms with Gasteiger partial charge in [-0.1, -0.05) is 6.92 Å². The fraction of sp³-hybridized carbons (Fsp3) is 0.800. The van der Waals surface area contributed by atoms with E-state index in [0.717, 1.165) is 25.2 Å². The quantitative estimate of drug-likeness (QED) is 0.558. The molecule has 0 aromatic carbocycles. The van der Waals surface area contributed by atoms with Gasteiger partial charge in [0.05, 0.1) is 6.54 Å². The van der Waals surface area contributed by atoms with Crippen molar-refractivity contribution in [2.45, 2.75) is 32.5 Å². The summed E-state index contributed by atoms with van der Waals surface area (Å²) in [5.41, 5.74) is 0. The van der Waals surface area contributed by atoms with Crippen molar-refractivity contribution in [1.29, 1.82) is 0 Å². The zero-order valence-corrected chi connectivity index (χ0v) is 14.7. The third kappa shape index (κ3) is 6.52. The highest BCUT2D eigenvalue weighted by Crippen LogP contribution is 2.22. The number of guanidine groups is 1. The summed E-state index contributed by atoms with van der Waals surface area (Å²) in [6.07, 6.45) is -0.840. The second kappa shape index (κ2) is 9.02. The van der Waals surface area contributed by atoms with Crippen LogP contribution in [-0.4, -0.2) is 71.6 Å². The molecule has 0 aliphatic carbocycles. The smallest absolute Gasteiger partial charge is 0.356 e. The number of rotatable bonds is 7. The summed E-state index contributed by atoms with van der Waals surface area (Å²) in [5, 5.41) is 14.3. The third-order valence-corrected chi connectivity index (χ3v) is 4.21. The van der Waals surface area contributed by atoms with Crippen LogP contribution in [0, 0.1) is 5.92 Å². The molecule has 1 aliphatic heterocycles. The van der Waals surface area contributed by atoms with Gasteiger partial charge in [0.25, 0.3) is 0 Å². The Kier molecular flexibility index (Phi) is 7.03. The minimum absolute atomic E-state index is 0.199. The van der Waals surface area contributed by atoms with E-state index >= 15 is 0 Å². The Morgan fingerprint density at radius 2 is 2.20 bits per heavy atom. The van der Waals surface area contributed by atoms with Crippen molar-refractivity contribution in [3.63, 3.8) is 0 Å². The Morgan fingerprint density at radius 3 is 2.88 bits per heavy atom. The average Bonchev–Trinajstić information content (AvgIpc) is 3.18. The van der Waals surface area contributed by atoms with E-state index in [0.29, 0.717) is 32.1 Å². The van der Waals surface area contributed by atoms with Gasteiger partial charge in [-0.3, -0.25) is 9.89 Å². The molecule has 1 saturated heterocycles. The Labute approximate surface area is 145 Å². The Hall–Kier alpha value is -1.84. The lowest BCUT2D eigenvalue weighted by Gasteiger charge is -2.18. The summed E-state index contributed by atoms with van der Waals surface area (Å²) < 4.78 is 39.2. The number of likely N-dealkylation sites (tertiary alicyclic amines) is 1. The molecular weight excluding hydrogens is 335 g/mol. The largest absolute Gasteiger partial charge is 0.401 e. The average molecular weight is 361 g/mol. The Balaban J connectivity index is 1.67. The second-order valence-corrected chi connectivity index (χ2v) is 6.18. The first-order valence-electron chi connectivity index (χ1n) is 8.51. The monoisotopic (exact) mass is 361 g/mol. The first-order valence-corrected chi connectivity index (χ1v) is 8.51. The lowest BCUT2D eigenvalue weighted by Crippen LogP contribution is -2.41. The molecule has 2 heterocycles. The molecule has 1 fully saturated rings. The van der Waals surface area contributed by atoms with Crippen LogP contribution >= 0.6 is 0 Å². The van der Waals surface area contributed by atoms with E-state index in [4.69, 9.17) is 0 Å². The molecular formula is C15H26F3N7. The van der Waals surface area contributed by atoms with Gasteiger partial charge in [-0.2, -0.15) is 13.2 Å². The molecule has 142 valence electrons. The van der Waals surface area contributed by atoms with Gasteiger partial charge in [-0.25, -0.2) is 0 Å². The van der Waals surface area contributed by atoms with E-state index in [1.165, 1.54) is 4.90 Å². The maximum Gasteiger partial charge on any atom is 0.401 e. The molecule has 1 unspecified atom stereocenters. The number of halogens is 3. The van der Waals surface area contributed by atoms with Crippen molar-refractivity contribution in [2.24, 2.45) is 10.9 Å². The van der Waals surface area contributed by atoms with Gasteiger partial charge < -0.3 is 15.2 Å². The topological polar surface area (TPSA) is 70.4 Å². The maximum atomic E-state index is 12.4. The number of aryl methyl sites for hydroxylation is 1. The number of aromatic nitrogens is 3. The molecule has 7 nitrogen and oxygen atoms in total. The van der Waals surface area contributed by atoms with E-state index in [1.807, 2.05) is 11.5 Å². The second-order valence-electron chi connectivity index (χ2n) is 6.18. The first kappa shape index (κ1) is 19.5. The van der Waals surface area contributed by atoms with E-state index < -0.39 is 12.7 Å². The van der Waals surface area contributed by atoms with Gasteiger partial charge in [0.15, 0.2) is 5.96 Å². The van der Waals surface area contributed by atoms with Crippen LogP contribution in [0.25, 0.3) is 0 Å². The number of aliphatic imine (C=N–C) groups is 1. The van der Waals surface area contributed by atoms with Gasteiger partial charge in [0, 0.05) is 39.6 Å². The Morgan fingerprint density at radius 1 is 1.40 bits per heavy atom. The molecule has 0 bridgehead atoms. The summed E-state index contributed by atoms with van der Waals surface area (Å²) in [7, 11) is 1.68. The molecule has 2 N–H and O–H groups in total. The summed E-state index contributed by atoms with van der Waals surface area (Å²) in [6.45, 7) is 4.15. The van der Waals surface area contributed by atoms with E-state index in [1.54, 1.807) is 13.4 Å². The predicted molar refractivity (Wildman–Crippen MR) is 89.4 cm³/mol. The summed E-state index contributed by atoms with van der Waals surface area (Å²) in [5.74, 6) is 1.78. The van der Waals surface area contributed by atoms with Crippen molar-refractivity contribution in [1.82, 2.24) is 30.3 Å². The van der Waals surface area contributed by atoms with Crippen molar-refractivity contribution in [2.75, 3.05) is 39.8 Å². The Bertz CT molecular complexity index is 556. The van der Waals surface area contributed by atoms with Gasteiger partial charge in [0.1, 0.15) is 12.2 Å². The fourth-order valence-electron chi connectivity index (χ4n) is 2.97. The molecule has 1 aliphatic rings. The molecule has 1 aromatic heterocycles. The predicted octanol–water partition coefficient (Wildman–Crippen LogP) is 0.890. The van der Waals surface area contributed by atoms with Crippen LogP contribution < -0.4 is 10.6 Å². The third-order valence-electron chi connectivity index (χ3n) is 4.21. The van der Waals surface area contributed by atoms with Crippen LogP contribution in [0.5, 0.6) is 0 Å². The van der Waals surface area contributed by atoms with Crippen LogP contribution in [0.3, 0.4) is 0 Å². The lowest BCUT2D eigenvalue weighted by atomic mass is 10.1. The molecule has 1 atom stereocenters. The summed E-state index contributed by atoms with van der Waals surface area (Å²) in [6, 6.07) is 0. The van der Waals surface area contributed by atoms with Crippen LogP contribution in [-0.2, 0) is 13.0 Å². The molecule has 2 rings (SSSR count). The standard InChI is InChI=1S/C15H26F3N7/c1-3-13-23-22-11-25(13)7-5-20-14(19-2)21-8-12-4-6-24(9-12)10-15(16,17)18/h11-12H,3-10H2,1-2H3,(H2,19,20,21). The number of nitrogens with zero attached hydrogens (tertiary/aromatic N) is 5. The molecule has 10 heteroatoms. The van der Waals surface area contributed by atoms with Crippen molar-refractivity contribution < 1.29 is 13.2 Å². The minimum Gasteiger partial charge on any atom is -0.356 e. The van der Waals surface area contributed by atoms with E-state index in [9.17, 15) is 13.2 Å². The highest BCUT2D eigenvalue weighted by Gasteiger charge is 2.34. The van der Waals surface area contributed by atoms with Gasteiger partial charge in [-0.15, -0.1) is 10.2 Å². The minimum atomic E-state index is -4.13. The first-order chi connectivity index (χ1) is 11.9. The van der Waals surface area contributed by atoms with Crippen LogP contribution in [0.15, 0.2) is 11.3 Å². The molecule has 0 saturated carbocycles. The molecule has 0 spiro atoms. The molecule has 0 amide bonds. The number of hydrogen-bond acceptors (Lipinski definition) is 4. The lowest BCUT2D eigenvalue weighted by molar-refractivity contribution is -0.143. The SMILES string of the molecule is CCc1nncn1CCNC(=NC)NCC1CCN(CC(F)(F)F)C1.